The topological polar surface area (TPSA) is 52.1 Å². The number of benzene rings is 1. The average Bonchev–Trinajstić information content (AvgIpc) is 2.78. The van der Waals surface area contributed by atoms with E-state index in [1.54, 1.807) is 0 Å². The largest absolute Gasteiger partial charge is 0.493 e. The van der Waals surface area contributed by atoms with Gasteiger partial charge in [0.25, 0.3) is 0 Å². The highest BCUT2D eigenvalue weighted by Gasteiger charge is 2.14. The maximum Gasteiger partial charge on any atom is 0.191 e. The van der Waals surface area contributed by atoms with Crippen molar-refractivity contribution in [1.29, 1.82) is 0 Å². The van der Waals surface area contributed by atoms with Gasteiger partial charge in [-0.05, 0) is 63.4 Å². The molecule has 0 aliphatic carbocycles. The monoisotopic (exact) mass is 431 g/mol. The highest BCUT2D eigenvalue weighted by molar-refractivity contribution is 5.80. The molecule has 0 spiro atoms. The van der Waals surface area contributed by atoms with Crippen molar-refractivity contribution in [1.82, 2.24) is 20.4 Å². The molecule has 1 aliphatic heterocycles. The van der Waals surface area contributed by atoms with Gasteiger partial charge in [-0.15, -0.1) is 0 Å². The van der Waals surface area contributed by atoms with Gasteiger partial charge in [-0.25, -0.2) is 0 Å². The number of hydrogen-bond acceptors (Lipinski definition) is 4. The predicted molar refractivity (Wildman–Crippen MR) is 132 cm³/mol. The van der Waals surface area contributed by atoms with Crippen LogP contribution in [0.4, 0.5) is 0 Å². The van der Waals surface area contributed by atoms with E-state index >= 15 is 0 Å². The Hall–Kier alpha value is -1.79. The first-order valence-electron chi connectivity index (χ1n) is 12.2. The molecule has 1 fully saturated rings. The third-order valence-electron chi connectivity index (χ3n) is 5.73. The Labute approximate surface area is 190 Å². The fourth-order valence-corrected chi connectivity index (χ4v) is 3.69. The van der Waals surface area contributed by atoms with Gasteiger partial charge in [-0.1, -0.05) is 32.9 Å². The van der Waals surface area contributed by atoms with Crippen LogP contribution in [0.5, 0.6) is 5.75 Å². The first-order chi connectivity index (χ1) is 15.0. The second-order valence-electron chi connectivity index (χ2n) is 8.88. The Morgan fingerprint density at radius 1 is 1.00 bits per heavy atom. The number of guanidine groups is 1. The lowest BCUT2D eigenvalue weighted by molar-refractivity contribution is 0.136. The SMILES string of the molecule is CCNC(=NCCCCN1CCN(CC)CC1)NC(C)c1ccc(OCC(C)C)cc1. The lowest BCUT2D eigenvalue weighted by Crippen LogP contribution is -2.46. The van der Waals surface area contributed by atoms with Crippen LogP contribution in [-0.4, -0.2) is 74.7 Å². The van der Waals surface area contributed by atoms with Crippen LogP contribution in [0.1, 0.15) is 59.1 Å². The summed E-state index contributed by atoms with van der Waals surface area (Å²) >= 11 is 0. The van der Waals surface area contributed by atoms with E-state index in [1.807, 2.05) is 0 Å². The number of ether oxygens (including phenoxy) is 1. The van der Waals surface area contributed by atoms with Crippen molar-refractivity contribution in [3.8, 4) is 5.75 Å². The van der Waals surface area contributed by atoms with Crippen molar-refractivity contribution in [3.63, 3.8) is 0 Å². The molecule has 1 unspecified atom stereocenters. The van der Waals surface area contributed by atoms with Crippen molar-refractivity contribution in [2.45, 2.75) is 53.5 Å². The third-order valence-corrected chi connectivity index (χ3v) is 5.73. The van der Waals surface area contributed by atoms with Crippen LogP contribution in [0.25, 0.3) is 0 Å². The highest BCUT2D eigenvalue weighted by atomic mass is 16.5. The number of nitrogens with one attached hydrogen (secondary N) is 2. The highest BCUT2D eigenvalue weighted by Crippen LogP contribution is 2.18. The first kappa shape index (κ1) is 25.5. The zero-order chi connectivity index (χ0) is 22.5. The van der Waals surface area contributed by atoms with Gasteiger partial charge in [0.15, 0.2) is 5.96 Å². The minimum atomic E-state index is 0.187. The van der Waals surface area contributed by atoms with Gasteiger partial charge in [0, 0.05) is 39.3 Å². The molecule has 2 N–H and O–H groups in total. The number of piperazine rings is 1. The molecule has 1 heterocycles. The van der Waals surface area contributed by atoms with Crippen LogP contribution in [0.2, 0.25) is 0 Å². The van der Waals surface area contributed by atoms with Gasteiger partial charge >= 0.3 is 0 Å². The molecular formula is C25H45N5O. The Morgan fingerprint density at radius 3 is 2.29 bits per heavy atom. The van der Waals surface area contributed by atoms with Gasteiger partial charge in [0.1, 0.15) is 5.75 Å². The molecule has 0 amide bonds. The van der Waals surface area contributed by atoms with Crippen molar-refractivity contribution in [2.75, 3.05) is 59.0 Å². The summed E-state index contributed by atoms with van der Waals surface area (Å²) in [7, 11) is 0. The van der Waals surface area contributed by atoms with E-state index in [0.717, 1.165) is 37.8 Å². The van der Waals surface area contributed by atoms with Gasteiger partial charge in [-0.3, -0.25) is 4.99 Å². The summed E-state index contributed by atoms with van der Waals surface area (Å²) in [4.78, 5) is 9.92. The number of rotatable bonds is 12. The molecule has 1 saturated heterocycles. The molecule has 0 bridgehead atoms. The molecule has 31 heavy (non-hydrogen) atoms. The minimum absolute atomic E-state index is 0.187. The van der Waals surface area contributed by atoms with E-state index in [-0.39, 0.29) is 6.04 Å². The molecular weight excluding hydrogens is 386 g/mol. The molecule has 1 aromatic rings. The summed E-state index contributed by atoms with van der Waals surface area (Å²) in [5.74, 6) is 2.36. The molecule has 2 rings (SSSR count). The van der Waals surface area contributed by atoms with Crippen LogP contribution in [0.15, 0.2) is 29.3 Å². The number of unbranched alkanes of at least 4 members (excludes halogenated alkanes) is 1. The first-order valence-corrected chi connectivity index (χ1v) is 12.2. The molecule has 6 nitrogen and oxygen atoms in total. The zero-order valence-electron chi connectivity index (χ0n) is 20.5. The normalized spacial score (nSPS) is 17.0. The van der Waals surface area contributed by atoms with Crippen LogP contribution < -0.4 is 15.4 Å². The number of likely N-dealkylation sites (N-methyl/N-ethyl adjacent to an activating group) is 1. The Balaban J connectivity index is 1.73. The maximum absolute atomic E-state index is 5.79. The van der Waals surface area contributed by atoms with Gasteiger partial charge in [0.2, 0.25) is 0 Å². The van der Waals surface area contributed by atoms with Gasteiger partial charge in [0.05, 0.1) is 12.6 Å². The van der Waals surface area contributed by atoms with Crippen LogP contribution in [-0.2, 0) is 0 Å². The Kier molecular flexibility index (Phi) is 11.8. The lowest BCUT2D eigenvalue weighted by atomic mass is 10.1. The fourth-order valence-electron chi connectivity index (χ4n) is 3.69. The van der Waals surface area contributed by atoms with Crippen molar-refractivity contribution in [2.24, 2.45) is 10.9 Å². The second kappa shape index (κ2) is 14.3. The molecule has 6 heteroatoms. The molecule has 1 atom stereocenters. The van der Waals surface area contributed by atoms with Gasteiger partial charge in [-0.2, -0.15) is 0 Å². The third kappa shape index (κ3) is 9.92. The van der Waals surface area contributed by atoms with E-state index in [4.69, 9.17) is 9.73 Å². The summed E-state index contributed by atoms with van der Waals surface area (Å²) in [6.45, 7) is 20.5. The zero-order valence-corrected chi connectivity index (χ0v) is 20.5. The smallest absolute Gasteiger partial charge is 0.191 e. The number of aliphatic imine (C=N–C) groups is 1. The summed E-state index contributed by atoms with van der Waals surface area (Å²) in [5, 5.41) is 6.91. The number of hydrogen-bond donors (Lipinski definition) is 2. The molecule has 0 aromatic heterocycles. The maximum atomic E-state index is 5.79. The van der Waals surface area contributed by atoms with E-state index in [2.05, 4.69) is 79.3 Å². The summed E-state index contributed by atoms with van der Waals surface area (Å²) < 4.78 is 5.79. The van der Waals surface area contributed by atoms with Crippen molar-refractivity contribution < 1.29 is 4.74 Å². The van der Waals surface area contributed by atoms with Crippen LogP contribution in [0.3, 0.4) is 0 Å². The fraction of sp³-hybridized carbons (Fsp3) is 0.720. The van der Waals surface area contributed by atoms with Crippen LogP contribution in [0, 0.1) is 5.92 Å². The summed E-state index contributed by atoms with van der Waals surface area (Å²) in [5.41, 5.74) is 1.23. The number of nitrogens with zero attached hydrogens (tertiary/aromatic N) is 3. The Morgan fingerprint density at radius 2 is 1.68 bits per heavy atom. The standard InChI is InChI=1S/C25H45N5O/c1-6-26-25(27-14-8-9-15-30-18-16-29(7-2)17-19-30)28-22(5)23-10-12-24(13-11-23)31-20-21(3)4/h10-13,21-22H,6-9,14-20H2,1-5H3,(H2,26,27,28). The predicted octanol–water partition coefficient (Wildman–Crippen LogP) is 3.76. The molecule has 176 valence electrons. The molecule has 0 saturated carbocycles. The molecule has 1 aromatic carbocycles. The van der Waals surface area contributed by atoms with Gasteiger partial charge < -0.3 is 25.2 Å². The van der Waals surface area contributed by atoms with Crippen LogP contribution >= 0.6 is 0 Å². The van der Waals surface area contributed by atoms with E-state index in [1.165, 1.54) is 51.3 Å². The molecule has 0 radical (unpaired) electrons. The minimum Gasteiger partial charge on any atom is -0.493 e. The van der Waals surface area contributed by atoms with Crippen molar-refractivity contribution >= 4 is 5.96 Å². The quantitative estimate of drug-likeness (QED) is 0.300. The summed E-state index contributed by atoms with van der Waals surface area (Å²) in [6, 6.07) is 8.57. The second-order valence-corrected chi connectivity index (χ2v) is 8.88. The Bertz CT molecular complexity index is 623. The lowest BCUT2D eigenvalue weighted by Gasteiger charge is -2.33. The average molecular weight is 432 g/mol. The van der Waals surface area contributed by atoms with E-state index < -0.39 is 0 Å². The summed E-state index contributed by atoms with van der Waals surface area (Å²) in [6.07, 6.45) is 2.34. The van der Waals surface area contributed by atoms with Crippen molar-refractivity contribution in [3.05, 3.63) is 29.8 Å². The van der Waals surface area contributed by atoms with E-state index in [0.29, 0.717) is 5.92 Å². The van der Waals surface area contributed by atoms with E-state index in [9.17, 15) is 0 Å². The molecule has 1 aliphatic rings.